The third-order valence-corrected chi connectivity index (χ3v) is 4.23. The van der Waals surface area contributed by atoms with E-state index in [9.17, 15) is 0 Å². The lowest BCUT2D eigenvalue weighted by molar-refractivity contribution is 0.599. The molecule has 0 spiro atoms. The fourth-order valence-electron chi connectivity index (χ4n) is 2.20. The number of aromatic nitrogens is 6. The molecule has 3 aromatic rings. The van der Waals surface area contributed by atoms with Crippen LogP contribution >= 0.6 is 15.9 Å². The highest BCUT2D eigenvalue weighted by atomic mass is 79.9. The summed E-state index contributed by atoms with van der Waals surface area (Å²) in [6.45, 7) is 5.48. The summed E-state index contributed by atoms with van der Waals surface area (Å²) in [5.74, 6) is 0.396. The van der Waals surface area contributed by atoms with Gasteiger partial charge in [-0.05, 0) is 29.8 Å². The zero-order chi connectivity index (χ0) is 14.3. The molecule has 20 heavy (non-hydrogen) atoms. The smallest absolute Gasteiger partial charge is 0.165 e. The van der Waals surface area contributed by atoms with Crippen molar-refractivity contribution in [2.75, 3.05) is 5.73 Å². The Labute approximate surface area is 124 Å². The number of hydrogen-bond donors (Lipinski definition) is 1. The molecule has 0 unspecified atom stereocenters. The van der Waals surface area contributed by atoms with Crippen molar-refractivity contribution < 1.29 is 0 Å². The number of nitrogen functional groups attached to an aromatic ring is 1. The average molecular weight is 336 g/mol. The molecule has 0 saturated carbocycles. The van der Waals surface area contributed by atoms with Gasteiger partial charge in [0.1, 0.15) is 11.8 Å². The summed E-state index contributed by atoms with van der Waals surface area (Å²) in [6.07, 6.45) is 3.18. The van der Waals surface area contributed by atoms with Crippen LogP contribution in [0.5, 0.6) is 0 Å². The highest BCUT2D eigenvalue weighted by molar-refractivity contribution is 9.10. The van der Waals surface area contributed by atoms with Crippen LogP contribution in [0.2, 0.25) is 0 Å². The van der Waals surface area contributed by atoms with Crippen molar-refractivity contribution in [1.82, 2.24) is 29.3 Å². The fraction of sp³-hybridized carbons (Fsp3) is 0.333. The summed E-state index contributed by atoms with van der Waals surface area (Å²) in [6, 6.07) is 0. The van der Waals surface area contributed by atoms with Gasteiger partial charge in [-0.2, -0.15) is 5.10 Å². The zero-order valence-corrected chi connectivity index (χ0v) is 12.8. The number of aryl methyl sites for hydroxylation is 2. The lowest BCUT2D eigenvalue weighted by Gasteiger charge is -2.07. The summed E-state index contributed by atoms with van der Waals surface area (Å²) in [7, 11) is 0. The number of nitrogens with zero attached hydrogens (tertiary/aromatic N) is 6. The van der Waals surface area contributed by atoms with Crippen LogP contribution in [0.3, 0.4) is 0 Å². The summed E-state index contributed by atoms with van der Waals surface area (Å²) < 4.78 is 4.93. The van der Waals surface area contributed by atoms with E-state index in [-0.39, 0.29) is 0 Å². The fourth-order valence-corrected chi connectivity index (χ4v) is 2.61. The number of fused-ring (bicyclic) bond motifs is 1. The number of nitrogens with two attached hydrogens (primary N) is 1. The lowest BCUT2D eigenvalue weighted by atomic mass is 10.3. The summed E-state index contributed by atoms with van der Waals surface area (Å²) in [5, 5.41) is 4.49. The van der Waals surface area contributed by atoms with Crippen LogP contribution in [0.4, 0.5) is 5.82 Å². The topological polar surface area (TPSA) is 87.4 Å². The van der Waals surface area contributed by atoms with Gasteiger partial charge in [0.05, 0.1) is 28.7 Å². The van der Waals surface area contributed by atoms with E-state index in [0.717, 1.165) is 28.1 Å². The quantitative estimate of drug-likeness (QED) is 0.787. The first-order chi connectivity index (χ1) is 9.61. The number of imidazole rings is 1. The Bertz CT molecular complexity index is 774. The molecular weight excluding hydrogens is 322 g/mol. The Balaban J connectivity index is 2.08. The molecule has 3 rings (SSSR count). The zero-order valence-electron chi connectivity index (χ0n) is 11.2. The van der Waals surface area contributed by atoms with Gasteiger partial charge in [0.15, 0.2) is 11.5 Å². The molecule has 7 nitrogen and oxygen atoms in total. The first-order valence-corrected chi connectivity index (χ1v) is 7.04. The van der Waals surface area contributed by atoms with Crippen LogP contribution in [0.15, 0.2) is 17.1 Å². The van der Waals surface area contributed by atoms with Gasteiger partial charge in [0.25, 0.3) is 0 Å². The maximum atomic E-state index is 5.80. The Morgan fingerprint density at radius 3 is 2.85 bits per heavy atom. The standard InChI is InChI=1S/C12H14BrN7/c1-3-20-8(9(13)7(2)18-20)4-19-6-17-10-11(14)15-5-16-12(10)19/h5-6H,3-4H2,1-2H3,(H2,14,15,16). The van der Waals surface area contributed by atoms with E-state index in [1.54, 1.807) is 6.33 Å². The first kappa shape index (κ1) is 13.0. The predicted octanol–water partition coefficient (Wildman–Crippen LogP) is 1.74. The summed E-state index contributed by atoms with van der Waals surface area (Å²) in [5.41, 5.74) is 9.21. The SMILES string of the molecule is CCn1nc(C)c(Br)c1Cn1cnc2c(N)ncnc21. The van der Waals surface area contributed by atoms with Crippen molar-refractivity contribution in [3.05, 3.63) is 28.5 Å². The van der Waals surface area contributed by atoms with Gasteiger partial charge in [-0.3, -0.25) is 4.68 Å². The molecule has 0 saturated heterocycles. The molecule has 3 aromatic heterocycles. The van der Waals surface area contributed by atoms with Gasteiger partial charge in [0, 0.05) is 6.54 Å². The van der Waals surface area contributed by atoms with Crippen LogP contribution in [0.25, 0.3) is 11.2 Å². The highest BCUT2D eigenvalue weighted by Crippen LogP contribution is 2.23. The van der Waals surface area contributed by atoms with Crippen molar-refractivity contribution in [3.8, 4) is 0 Å². The third-order valence-electron chi connectivity index (χ3n) is 3.20. The van der Waals surface area contributed by atoms with Gasteiger partial charge in [-0.25, -0.2) is 15.0 Å². The Morgan fingerprint density at radius 2 is 2.10 bits per heavy atom. The number of hydrogen-bond acceptors (Lipinski definition) is 5. The van der Waals surface area contributed by atoms with Crippen molar-refractivity contribution in [1.29, 1.82) is 0 Å². The van der Waals surface area contributed by atoms with Crippen LogP contribution in [-0.4, -0.2) is 29.3 Å². The first-order valence-electron chi connectivity index (χ1n) is 6.25. The van der Waals surface area contributed by atoms with E-state index < -0.39 is 0 Å². The second-order valence-electron chi connectivity index (χ2n) is 4.47. The number of halogens is 1. The number of rotatable bonds is 3. The minimum atomic E-state index is 0.396. The van der Waals surface area contributed by atoms with E-state index in [2.05, 4.69) is 42.9 Å². The molecule has 0 atom stereocenters. The molecule has 3 heterocycles. The Hall–Kier alpha value is -1.96. The predicted molar refractivity (Wildman–Crippen MR) is 79.2 cm³/mol. The van der Waals surface area contributed by atoms with Crippen LogP contribution < -0.4 is 5.73 Å². The van der Waals surface area contributed by atoms with Gasteiger partial charge in [0.2, 0.25) is 0 Å². The van der Waals surface area contributed by atoms with Gasteiger partial charge in [-0.1, -0.05) is 0 Å². The molecule has 2 N–H and O–H groups in total. The summed E-state index contributed by atoms with van der Waals surface area (Å²) in [4.78, 5) is 12.5. The van der Waals surface area contributed by atoms with Crippen molar-refractivity contribution >= 4 is 32.9 Å². The largest absolute Gasteiger partial charge is 0.382 e. The van der Waals surface area contributed by atoms with Crippen LogP contribution in [-0.2, 0) is 13.1 Å². The van der Waals surface area contributed by atoms with Gasteiger partial charge < -0.3 is 10.3 Å². The van der Waals surface area contributed by atoms with Crippen LogP contribution in [0, 0.1) is 6.92 Å². The Morgan fingerprint density at radius 1 is 1.30 bits per heavy atom. The molecule has 8 heteroatoms. The summed E-state index contributed by atoms with van der Waals surface area (Å²) >= 11 is 3.59. The minimum Gasteiger partial charge on any atom is -0.382 e. The van der Waals surface area contributed by atoms with E-state index in [4.69, 9.17) is 5.73 Å². The molecule has 0 radical (unpaired) electrons. The molecule has 104 valence electrons. The highest BCUT2D eigenvalue weighted by Gasteiger charge is 2.15. The van der Waals surface area contributed by atoms with E-state index in [1.165, 1.54) is 6.33 Å². The third kappa shape index (κ3) is 1.96. The molecule has 0 aromatic carbocycles. The lowest BCUT2D eigenvalue weighted by Crippen LogP contribution is -2.08. The average Bonchev–Trinajstić information content (AvgIpc) is 2.96. The second-order valence-corrected chi connectivity index (χ2v) is 5.26. The monoisotopic (exact) mass is 335 g/mol. The maximum absolute atomic E-state index is 5.80. The number of anilines is 1. The van der Waals surface area contributed by atoms with Gasteiger partial charge >= 0.3 is 0 Å². The Kier molecular flexibility index (Phi) is 3.17. The minimum absolute atomic E-state index is 0.396. The van der Waals surface area contributed by atoms with Crippen molar-refractivity contribution in [2.24, 2.45) is 0 Å². The second kappa shape index (κ2) is 4.86. The molecule has 0 aliphatic rings. The molecule has 0 aliphatic heterocycles. The molecule has 0 aliphatic carbocycles. The van der Waals surface area contributed by atoms with E-state index >= 15 is 0 Å². The van der Waals surface area contributed by atoms with Gasteiger partial charge in [-0.15, -0.1) is 0 Å². The molecular formula is C12H14BrN7. The molecule has 0 amide bonds. The maximum Gasteiger partial charge on any atom is 0.165 e. The molecule has 0 bridgehead atoms. The van der Waals surface area contributed by atoms with Crippen LogP contribution in [0.1, 0.15) is 18.3 Å². The van der Waals surface area contributed by atoms with Crippen molar-refractivity contribution in [3.63, 3.8) is 0 Å². The van der Waals surface area contributed by atoms with E-state index in [0.29, 0.717) is 17.9 Å². The molecule has 0 fully saturated rings. The van der Waals surface area contributed by atoms with Crippen molar-refractivity contribution in [2.45, 2.75) is 26.9 Å². The van der Waals surface area contributed by atoms with E-state index in [1.807, 2.05) is 16.2 Å². The normalized spacial score (nSPS) is 11.3.